The van der Waals surface area contributed by atoms with Gasteiger partial charge in [-0.2, -0.15) is 0 Å². The van der Waals surface area contributed by atoms with Crippen LogP contribution in [-0.2, 0) is 30.3 Å². The van der Waals surface area contributed by atoms with E-state index in [1.54, 1.807) is 6.92 Å². The molecule has 3 fully saturated rings. The maximum atomic E-state index is 13.4. The number of fused-ring (bicyclic) bond motifs is 5. The van der Waals surface area contributed by atoms with Crippen LogP contribution in [0.3, 0.4) is 0 Å². The average molecular weight is 663 g/mol. The average Bonchev–Trinajstić information content (AvgIpc) is 3.29. The molecule has 9 heteroatoms. The van der Waals surface area contributed by atoms with Crippen molar-refractivity contribution >= 4 is 63.7 Å². The van der Waals surface area contributed by atoms with Crippen molar-refractivity contribution < 1.29 is 23.9 Å². The Hall–Kier alpha value is -1.96. The van der Waals surface area contributed by atoms with Gasteiger partial charge in [-0.15, -0.1) is 23.2 Å². The summed E-state index contributed by atoms with van der Waals surface area (Å²) in [7, 11) is 0. The molecule has 4 aliphatic rings. The van der Waals surface area contributed by atoms with Crippen molar-refractivity contribution in [3.8, 4) is 0 Å². The van der Waals surface area contributed by atoms with Gasteiger partial charge in [0.15, 0.2) is 28.8 Å². The summed E-state index contributed by atoms with van der Waals surface area (Å²) >= 11 is 17.3. The van der Waals surface area contributed by atoms with Gasteiger partial charge >= 0.3 is 5.97 Å². The highest BCUT2D eigenvalue weighted by molar-refractivity contribution is 7.80. The molecular formula is C35H45Cl2NO5S. The highest BCUT2D eigenvalue weighted by Gasteiger charge is 2.67. The normalized spacial score (nSPS) is 32.5. The minimum Gasteiger partial charge on any atom is -0.475 e. The monoisotopic (exact) mass is 661 g/mol. The van der Waals surface area contributed by atoms with Crippen molar-refractivity contribution in [2.75, 3.05) is 36.4 Å². The number of rotatable bonds is 11. The highest BCUT2D eigenvalue weighted by atomic mass is 35.5. The molecule has 0 radical (unpaired) electrons. The van der Waals surface area contributed by atoms with Gasteiger partial charge in [0.05, 0.1) is 0 Å². The third kappa shape index (κ3) is 6.10. The molecule has 0 unspecified atom stereocenters. The fourth-order valence-corrected chi connectivity index (χ4v) is 9.99. The number of carbonyl (C=O) groups is 3. The summed E-state index contributed by atoms with van der Waals surface area (Å²) in [4.78, 5) is 40.9. The van der Waals surface area contributed by atoms with Gasteiger partial charge in [0.25, 0.3) is 0 Å². The van der Waals surface area contributed by atoms with Gasteiger partial charge in [-0.1, -0.05) is 31.6 Å². The quantitative estimate of drug-likeness (QED) is 0.140. The number of esters is 1. The van der Waals surface area contributed by atoms with Gasteiger partial charge in [0.2, 0.25) is 0 Å². The minimum atomic E-state index is -1.15. The summed E-state index contributed by atoms with van der Waals surface area (Å²) in [6.07, 6.45) is 9.00. The van der Waals surface area contributed by atoms with Crippen molar-refractivity contribution in [3.05, 3.63) is 41.5 Å². The number of allylic oxidation sites excluding steroid dienone is 1. The molecular weight excluding hydrogens is 617 g/mol. The van der Waals surface area contributed by atoms with Crippen LogP contribution in [0.2, 0.25) is 0 Å². The van der Waals surface area contributed by atoms with Crippen LogP contribution in [0.25, 0.3) is 0 Å². The molecule has 240 valence electrons. The second-order valence-electron chi connectivity index (χ2n) is 13.7. The van der Waals surface area contributed by atoms with Crippen LogP contribution in [0.15, 0.2) is 35.9 Å². The Balaban J connectivity index is 1.21. The third-order valence-electron chi connectivity index (χ3n) is 11.6. The zero-order valence-electron chi connectivity index (χ0n) is 26.2. The van der Waals surface area contributed by atoms with E-state index in [2.05, 4.69) is 18.7 Å². The van der Waals surface area contributed by atoms with Gasteiger partial charge in [-0.25, -0.2) is 4.79 Å². The van der Waals surface area contributed by atoms with Gasteiger partial charge in [-0.05, 0) is 111 Å². The molecule has 1 aromatic carbocycles. The zero-order chi connectivity index (χ0) is 31.7. The maximum absolute atomic E-state index is 13.4. The molecule has 4 aliphatic carbocycles. The second kappa shape index (κ2) is 13.4. The summed E-state index contributed by atoms with van der Waals surface area (Å²) in [5, 5.41) is 0.297. The molecule has 0 N–H and O–H groups in total. The molecule has 3 saturated carbocycles. The minimum absolute atomic E-state index is 0.0495. The van der Waals surface area contributed by atoms with Crippen molar-refractivity contribution in [2.45, 2.75) is 84.2 Å². The van der Waals surface area contributed by atoms with E-state index in [0.717, 1.165) is 49.8 Å². The standard InChI is InChI=1S/C35H45Cl2NO5S/c1-23(39)35(43-31(41)22-42-32(44)20-24-4-7-26(8-5-24)38(18-16-36)19-17-37)15-12-30-28-9-6-25-21-27(40)10-13-33(25,2)29(28)11-14-34(30,35)3/h4-5,7-8,21,28-30H,6,9-20,22H2,1-3H3/t28-,29+,30+,33+,34+,35+/m1/s1. The maximum Gasteiger partial charge on any atom is 0.345 e. The summed E-state index contributed by atoms with van der Waals surface area (Å²) in [5.74, 6) is 1.89. The van der Waals surface area contributed by atoms with Crippen LogP contribution >= 0.6 is 35.4 Å². The largest absolute Gasteiger partial charge is 0.475 e. The van der Waals surface area contributed by atoms with E-state index in [-0.39, 0.29) is 23.6 Å². The SMILES string of the molecule is CC(=O)[C@@]1(OC(=O)COC(=S)Cc2ccc(N(CCCl)CCCl)cc2)CC[C@H]2[C@@H]3CCC4=CC(=O)CC[C@]4(C)[C@H]3CC[C@@]21C. The molecule has 0 spiro atoms. The third-order valence-corrected chi connectivity index (χ3v) is 12.2. The first-order valence-electron chi connectivity index (χ1n) is 16.1. The van der Waals surface area contributed by atoms with E-state index in [0.29, 0.717) is 66.9 Å². The zero-order valence-corrected chi connectivity index (χ0v) is 28.5. The Morgan fingerprint density at radius 1 is 0.977 bits per heavy atom. The van der Waals surface area contributed by atoms with E-state index in [9.17, 15) is 14.4 Å². The molecule has 44 heavy (non-hydrogen) atoms. The van der Waals surface area contributed by atoms with Crippen molar-refractivity contribution in [2.24, 2.45) is 28.6 Å². The predicted molar refractivity (Wildman–Crippen MR) is 179 cm³/mol. The Morgan fingerprint density at radius 3 is 2.32 bits per heavy atom. The molecule has 0 heterocycles. The summed E-state index contributed by atoms with van der Waals surface area (Å²) in [6.45, 7) is 7.19. The molecule has 6 atom stereocenters. The van der Waals surface area contributed by atoms with Crippen LogP contribution in [0.5, 0.6) is 0 Å². The van der Waals surface area contributed by atoms with E-state index < -0.39 is 17.0 Å². The highest BCUT2D eigenvalue weighted by Crippen LogP contribution is 2.68. The number of hydrogen-bond donors (Lipinski definition) is 0. The van der Waals surface area contributed by atoms with E-state index in [4.69, 9.17) is 44.9 Å². The number of ketones is 2. The van der Waals surface area contributed by atoms with Crippen LogP contribution in [0, 0.1) is 28.6 Å². The van der Waals surface area contributed by atoms with Crippen molar-refractivity contribution in [1.29, 1.82) is 0 Å². The number of Topliss-reactive ketones (excluding diaryl/α,β-unsaturated/α-hetero) is 1. The number of hydrogen-bond acceptors (Lipinski definition) is 7. The number of carbonyl (C=O) groups excluding carboxylic acids is 3. The van der Waals surface area contributed by atoms with Crippen LogP contribution in [0.4, 0.5) is 5.69 Å². The molecule has 0 saturated heterocycles. The van der Waals surface area contributed by atoms with Gasteiger partial charge < -0.3 is 14.4 Å². The molecule has 0 amide bonds. The summed E-state index contributed by atoms with van der Waals surface area (Å²) < 4.78 is 11.9. The first-order chi connectivity index (χ1) is 21.0. The van der Waals surface area contributed by atoms with E-state index in [1.165, 1.54) is 5.57 Å². The molecule has 0 aromatic heterocycles. The fourth-order valence-electron chi connectivity index (χ4n) is 9.35. The summed E-state index contributed by atoms with van der Waals surface area (Å²) in [6, 6.07) is 7.97. The van der Waals surface area contributed by atoms with Crippen LogP contribution < -0.4 is 4.90 Å². The van der Waals surface area contributed by atoms with Gasteiger partial charge in [0.1, 0.15) is 0 Å². The number of nitrogens with zero attached hydrogens (tertiary/aromatic N) is 1. The Morgan fingerprint density at radius 2 is 1.66 bits per heavy atom. The van der Waals surface area contributed by atoms with Crippen LogP contribution in [-0.4, -0.2) is 59.6 Å². The number of anilines is 1. The number of ether oxygens (including phenoxy) is 2. The summed E-state index contributed by atoms with van der Waals surface area (Å²) in [5.41, 5.74) is 1.79. The Bertz CT molecular complexity index is 1310. The Kier molecular flexibility index (Phi) is 10.2. The molecule has 6 nitrogen and oxygen atoms in total. The Labute approximate surface area is 277 Å². The number of alkyl halides is 2. The topological polar surface area (TPSA) is 72.9 Å². The number of benzene rings is 1. The number of halogens is 2. The smallest absolute Gasteiger partial charge is 0.345 e. The number of thiocarbonyl (C=S) groups is 1. The van der Waals surface area contributed by atoms with Gasteiger partial charge in [-0.3, -0.25) is 9.59 Å². The van der Waals surface area contributed by atoms with Crippen LogP contribution in [0.1, 0.15) is 77.7 Å². The fraction of sp³-hybridized carbons (Fsp3) is 0.657. The molecule has 0 aliphatic heterocycles. The lowest BCUT2D eigenvalue weighted by molar-refractivity contribution is -0.190. The molecule has 1 aromatic rings. The first kappa shape index (κ1) is 33.4. The van der Waals surface area contributed by atoms with E-state index >= 15 is 0 Å². The van der Waals surface area contributed by atoms with Crippen molar-refractivity contribution in [3.63, 3.8) is 0 Å². The molecule has 5 rings (SSSR count). The lowest BCUT2D eigenvalue weighted by Crippen LogP contribution is -2.59. The van der Waals surface area contributed by atoms with E-state index in [1.807, 2.05) is 30.3 Å². The second-order valence-corrected chi connectivity index (χ2v) is 14.9. The molecule has 0 bridgehead atoms. The lowest BCUT2D eigenvalue weighted by Gasteiger charge is -2.59. The van der Waals surface area contributed by atoms with Crippen molar-refractivity contribution in [1.82, 2.24) is 0 Å². The first-order valence-corrected chi connectivity index (χ1v) is 17.5. The predicted octanol–water partition coefficient (Wildman–Crippen LogP) is 7.26. The van der Waals surface area contributed by atoms with Gasteiger partial charge in [0, 0.05) is 48.8 Å². The lowest BCUT2D eigenvalue weighted by atomic mass is 9.46.